The molecule has 1 aliphatic carbocycles. The Labute approximate surface area is 151 Å². The smallest absolute Gasteiger partial charge is 0.341 e. The van der Waals surface area contributed by atoms with Gasteiger partial charge in [0.15, 0.2) is 13.1 Å². The molecular weight excluding hydrogens is 342 g/mol. The lowest BCUT2D eigenvalue weighted by molar-refractivity contribution is -0.862. The SMILES string of the molecule is COC(=O)c1c(NC(=O)C[NH+](C)CC(=O)N(C)C)sc2c1CCCC2. The van der Waals surface area contributed by atoms with Gasteiger partial charge >= 0.3 is 5.97 Å². The molecule has 0 aromatic carbocycles. The summed E-state index contributed by atoms with van der Waals surface area (Å²) in [6.45, 7) is 0.397. The van der Waals surface area contributed by atoms with E-state index in [0.29, 0.717) is 10.6 Å². The summed E-state index contributed by atoms with van der Waals surface area (Å²) in [4.78, 5) is 39.7. The van der Waals surface area contributed by atoms with E-state index in [1.807, 2.05) is 0 Å². The predicted molar refractivity (Wildman–Crippen MR) is 96.2 cm³/mol. The fraction of sp³-hybridized carbons (Fsp3) is 0.588. The normalized spacial score (nSPS) is 14.4. The number of hydrogen-bond acceptors (Lipinski definition) is 5. The first-order valence-electron chi connectivity index (χ1n) is 8.37. The van der Waals surface area contributed by atoms with E-state index in [9.17, 15) is 14.4 Å². The molecule has 1 unspecified atom stereocenters. The molecule has 1 atom stereocenters. The largest absolute Gasteiger partial charge is 0.465 e. The standard InChI is InChI=1S/C17H25N3O4S/c1-19(2)14(22)10-20(3)9-13(21)18-16-15(17(23)24-4)11-7-5-6-8-12(11)25-16/h5-10H2,1-4H3,(H,18,21)/p+1. The highest BCUT2D eigenvalue weighted by atomic mass is 32.1. The van der Waals surface area contributed by atoms with Gasteiger partial charge in [-0.15, -0.1) is 11.3 Å². The minimum atomic E-state index is -0.404. The van der Waals surface area contributed by atoms with E-state index in [4.69, 9.17) is 4.74 Å². The number of rotatable bonds is 6. The molecule has 1 aliphatic rings. The van der Waals surface area contributed by atoms with Crippen LogP contribution in [0, 0.1) is 0 Å². The van der Waals surface area contributed by atoms with Crippen LogP contribution in [0.25, 0.3) is 0 Å². The topological polar surface area (TPSA) is 80.1 Å². The fourth-order valence-corrected chi connectivity index (χ4v) is 4.19. The summed E-state index contributed by atoms with van der Waals surface area (Å²) in [7, 11) is 6.52. The fourth-order valence-electron chi connectivity index (χ4n) is 2.90. The van der Waals surface area contributed by atoms with Crippen molar-refractivity contribution < 1.29 is 24.0 Å². The first-order chi connectivity index (χ1) is 11.8. The van der Waals surface area contributed by atoms with E-state index in [2.05, 4.69) is 5.32 Å². The van der Waals surface area contributed by atoms with Gasteiger partial charge in [-0.05, 0) is 31.2 Å². The van der Waals surface area contributed by atoms with E-state index < -0.39 is 5.97 Å². The summed E-state index contributed by atoms with van der Waals surface area (Å²) in [5.74, 6) is -0.655. The zero-order valence-electron chi connectivity index (χ0n) is 15.2. The zero-order valence-corrected chi connectivity index (χ0v) is 16.0. The number of quaternary nitrogens is 1. The third-order valence-electron chi connectivity index (χ3n) is 4.23. The minimum Gasteiger partial charge on any atom is -0.465 e. The maximum Gasteiger partial charge on any atom is 0.341 e. The van der Waals surface area contributed by atoms with Crippen LogP contribution in [0.15, 0.2) is 0 Å². The van der Waals surface area contributed by atoms with Crippen molar-refractivity contribution in [3.05, 3.63) is 16.0 Å². The number of carbonyl (C=O) groups is 3. The predicted octanol–water partition coefficient (Wildman–Crippen LogP) is -0.0451. The highest BCUT2D eigenvalue weighted by molar-refractivity contribution is 7.17. The average Bonchev–Trinajstić information content (AvgIpc) is 2.91. The Balaban J connectivity index is 2.09. The van der Waals surface area contributed by atoms with Gasteiger partial charge in [-0.1, -0.05) is 0 Å². The van der Waals surface area contributed by atoms with Gasteiger partial charge in [0.25, 0.3) is 11.8 Å². The van der Waals surface area contributed by atoms with Crippen molar-refractivity contribution >= 4 is 34.1 Å². The molecule has 2 rings (SSSR count). The Morgan fingerprint density at radius 3 is 2.52 bits per heavy atom. The third-order valence-corrected chi connectivity index (χ3v) is 5.44. The number of hydrogen-bond donors (Lipinski definition) is 2. The minimum absolute atomic E-state index is 0.0351. The molecule has 0 bridgehead atoms. The van der Waals surface area contributed by atoms with Crippen molar-refractivity contribution in [2.45, 2.75) is 25.7 Å². The molecule has 2 amide bonds. The van der Waals surface area contributed by atoms with Crippen LogP contribution in [-0.4, -0.2) is 64.0 Å². The summed E-state index contributed by atoms with van der Waals surface area (Å²) < 4.78 is 4.90. The van der Waals surface area contributed by atoms with E-state index in [0.717, 1.165) is 41.0 Å². The number of nitrogens with zero attached hydrogens (tertiary/aromatic N) is 1. The maximum atomic E-state index is 12.3. The number of nitrogens with one attached hydrogen (secondary N) is 2. The molecule has 0 aliphatic heterocycles. The first-order valence-corrected chi connectivity index (χ1v) is 9.19. The third kappa shape index (κ3) is 4.79. The number of thiophene rings is 1. The zero-order chi connectivity index (χ0) is 18.6. The van der Waals surface area contributed by atoms with Crippen LogP contribution in [0.5, 0.6) is 0 Å². The lowest BCUT2D eigenvalue weighted by atomic mass is 9.95. The van der Waals surface area contributed by atoms with Crippen molar-refractivity contribution in [1.29, 1.82) is 0 Å². The molecule has 1 aromatic heterocycles. The molecule has 0 fully saturated rings. The monoisotopic (exact) mass is 368 g/mol. The summed E-state index contributed by atoms with van der Waals surface area (Å²) in [6.07, 6.45) is 3.92. The Morgan fingerprint density at radius 2 is 1.88 bits per heavy atom. The average molecular weight is 368 g/mol. The summed E-state index contributed by atoms with van der Waals surface area (Å²) >= 11 is 1.46. The molecule has 25 heavy (non-hydrogen) atoms. The van der Waals surface area contributed by atoms with Crippen molar-refractivity contribution in [3.8, 4) is 0 Å². The van der Waals surface area contributed by atoms with Crippen molar-refractivity contribution in [3.63, 3.8) is 0 Å². The van der Waals surface area contributed by atoms with Crippen LogP contribution >= 0.6 is 11.3 Å². The van der Waals surface area contributed by atoms with E-state index in [-0.39, 0.29) is 24.9 Å². The Morgan fingerprint density at radius 1 is 1.20 bits per heavy atom. The van der Waals surface area contributed by atoms with Crippen LogP contribution in [0.4, 0.5) is 5.00 Å². The van der Waals surface area contributed by atoms with Crippen molar-refractivity contribution in [2.75, 3.05) is 46.7 Å². The van der Waals surface area contributed by atoms with Crippen LogP contribution in [0.1, 0.15) is 33.6 Å². The van der Waals surface area contributed by atoms with E-state index in [1.165, 1.54) is 23.3 Å². The molecule has 0 spiro atoms. The van der Waals surface area contributed by atoms with Gasteiger partial charge in [0, 0.05) is 19.0 Å². The second-order valence-corrected chi connectivity index (χ2v) is 7.66. The van der Waals surface area contributed by atoms with Gasteiger partial charge in [-0.3, -0.25) is 9.59 Å². The number of aryl methyl sites for hydroxylation is 1. The lowest BCUT2D eigenvalue weighted by Crippen LogP contribution is -3.11. The second kappa shape index (κ2) is 8.44. The molecule has 8 heteroatoms. The number of likely N-dealkylation sites (N-methyl/N-ethyl adjacent to an activating group) is 2. The number of ether oxygens (including phenoxy) is 1. The molecule has 1 aromatic rings. The number of esters is 1. The quantitative estimate of drug-likeness (QED) is 0.691. The molecular formula is C17H26N3O4S+. The Bertz CT molecular complexity index is 669. The molecule has 138 valence electrons. The van der Waals surface area contributed by atoms with Gasteiger partial charge in [0.05, 0.1) is 19.7 Å². The van der Waals surface area contributed by atoms with Gasteiger partial charge in [-0.2, -0.15) is 0 Å². The first kappa shape index (κ1) is 19.4. The number of carbonyl (C=O) groups excluding carboxylic acids is 3. The van der Waals surface area contributed by atoms with Crippen molar-refractivity contribution in [2.24, 2.45) is 0 Å². The van der Waals surface area contributed by atoms with Gasteiger partial charge in [0.2, 0.25) is 0 Å². The summed E-state index contributed by atoms with van der Waals surface area (Å²) in [5, 5.41) is 3.41. The van der Waals surface area contributed by atoms with Gasteiger partial charge in [0.1, 0.15) is 5.00 Å². The van der Waals surface area contributed by atoms with Crippen molar-refractivity contribution in [1.82, 2.24) is 4.90 Å². The number of anilines is 1. The molecule has 1 heterocycles. The number of methoxy groups -OCH3 is 1. The highest BCUT2D eigenvalue weighted by Gasteiger charge is 2.27. The Hall–Kier alpha value is -1.93. The molecule has 0 saturated carbocycles. The van der Waals surface area contributed by atoms with E-state index >= 15 is 0 Å². The molecule has 2 N–H and O–H groups in total. The maximum absolute atomic E-state index is 12.3. The lowest BCUT2D eigenvalue weighted by Gasteiger charge is -2.16. The molecule has 0 saturated heterocycles. The van der Waals surface area contributed by atoms with Crippen LogP contribution in [0.3, 0.4) is 0 Å². The van der Waals surface area contributed by atoms with Gasteiger partial charge < -0.3 is 19.9 Å². The molecule has 0 radical (unpaired) electrons. The summed E-state index contributed by atoms with van der Waals surface area (Å²) in [5.41, 5.74) is 1.51. The number of amides is 2. The number of fused-ring (bicyclic) bond motifs is 1. The van der Waals surface area contributed by atoms with Crippen LogP contribution in [0.2, 0.25) is 0 Å². The summed E-state index contributed by atoms with van der Waals surface area (Å²) in [6, 6.07) is 0. The Kier molecular flexibility index (Phi) is 6.55. The van der Waals surface area contributed by atoms with E-state index in [1.54, 1.807) is 21.1 Å². The van der Waals surface area contributed by atoms with Crippen LogP contribution < -0.4 is 10.2 Å². The highest BCUT2D eigenvalue weighted by Crippen LogP contribution is 2.38. The second-order valence-electron chi connectivity index (χ2n) is 6.55. The van der Waals surface area contributed by atoms with Crippen LogP contribution in [-0.2, 0) is 27.2 Å². The molecule has 7 nitrogen and oxygen atoms in total. The van der Waals surface area contributed by atoms with Gasteiger partial charge in [-0.25, -0.2) is 4.79 Å².